The highest BCUT2D eigenvalue weighted by Gasteiger charge is 2.08. The Balaban J connectivity index is 2.34. The number of carbonyl (C=O) groups excluding carboxylic acids is 1. The molecule has 0 aliphatic carbocycles. The van der Waals surface area contributed by atoms with Gasteiger partial charge in [0.25, 0.3) is 11.0 Å². The molecule has 0 aromatic carbocycles. The van der Waals surface area contributed by atoms with Crippen molar-refractivity contribution in [2.45, 2.75) is 0 Å². The normalized spacial score (nSPS) is 10.2. The summed E-state index contributed by atoms with van der Waals surface area (Å²) in [5, 5.41) is 0. The Bertz CT molecular complexity index is 334. The van der Waals surface area contributed by atoms with Crippen LogP contribution in [0.25, 0.3) is 0 Å². The molecule has 0 amide bonds. The van der Waals surface area contributed by atoms with E-state index in [1.54, 1.807) is 0 Å². The average Bonchev–Trinajstić information content (AvgIpc) is 2.53. The summed E-state index contributed by atoms with van der Waals surface area (Å²) < 4.78 is 32.7. The molecule has 0 aliphatic heterocycles. The first kappa shape index (κ1) is 9.68. The molecule has 0 unspecified atom stereocenters. The first-order chi connectivity index (χ1) is 6.18. The van der Waals surface area contributed by atoms with Crippen LogP contribution in [-0.2, 0) is 20.0 Å². The van der Waals surface area contributed by atoms with Crippen LogP contribution in [0.1, 0.15) is 0 Å². The highest BCUT2D eigenvalue weighted by atomic mass is 32.2. The van der Waals surface area contributed by atoms with Gasteiger partial charge in [-0.3, -0.25) is 4.18 Å². The van der Waals surface area contributed by atoms with Crippen LogP contribution in [0, 0.1) is 0 Å². The quantitative estimate of drug-likeness (QED) is 0.506. The predicted octanol–water partition coefficient (Wildman–Crippen LogP) is -0.877. The minimum atomic E-state index is -3.05. The fraction of sp³-hybridized carbons (Fsp3) is 0.200. The molecule has 0 spiro atoms. The Morgan fingerprint density at radius 3 is 2.92 bits per heavy atom. The van der Waals surface area contributed by atoms with Gasteiger partial charge in [0.05, 0.1) is 6.20 Å². The molecule has 1 rings (SSSR count). The van der Waals surface area contributed by atoms with Crippen molar-refractivity contribution >= 4 is 17.0 Å². The lowest BCUT2D eigenvalue weighted by molar-refractivity contribution is -0.138. The third kappa shape index (κ3) is 3.67. The number of esters is 1. The van der Waals surface area contributed by atoms with Gasteiger partial charge in [0, 0.05) is 0 Å². The first-order valence-corrected chi connectivity index (χ1v) is 4.15. The second-order valence-electron chi connectivity index (χ2n) is 1.77. The van der Waals surface area contributed by atoms with Gasteiger partial charge in [0.1, 0.15) is 6.26 Å². The van der Waals surface area contributed by atoms with Crippen molar-refractivity contribution in [1.82, 2.24) is 4.98 Å². The molecule has 1 aromatic rings. The number of oxazole rings is 1. The predicted molar refractivity (Wildman–Crippen MR) is 38.4 cm³/mol. The third-order valence-corrected chi connectivity index (χ3v) is 1.24. The lowest BCUT2D eigenvalue weighted by Gasteiger charge is -1.95. The number of aromatic nitrogens is 1. The highest BCUT2D eigenvalue weighted by molar-refractivity contribution is 7.67. The summed E-state index contributed by atoms with van der Waals surface area (Å²) in [4.78, 5) is 14.2. The minimum Gasteiger partial charge on any atom is -0.417 e. The van der Waals surface area contributed by atoms with E-state index >= 15 is 0 Å². The number of thiol groups is 1. The minimum absolute atomic E-state index is 0.255. The molecule has 72 valence electrons. The van der Waals surface area contributed by atoms with E-state index < -0.39 is 23.6 Å². The van der Waals surface area contributed by atoms with E-state index in [2.05, 4.69) is 18.3 Å². The third-order valence-electron chi connectivity index (χ3n) is 0.899. The van der Waals surface area contributed by atoms with Gasteiger partial charge >= 0.3 is 12.0 Å². The number of nitrogens with zero attached hydrogens (tertiary/aromatic N) is 1. The number of rotatable bonds is 4. The van der Waals surface area contributed by atoms with Crippen LogP contribution in [0.2, 0.25) is 0 Å². The van der Waals surface area contributed by atoms with Crippen molar-refractivity contribution in [3.05, 3.63) is 12.5 Å². The SMILES string of the molecule is O=C(CO[SH](=O)=O)Oc1ncco1. The van der Waals surface area contributed by atoms with Gasteiger partial charge in [0.15, 0.2) is 6.61 Å². The van der Waals surface area contributed by atoms with Crippen molar-refractivity contribution in [1.29, 1.82) is 0 Å². The molecule has 8 heteroatoms. The summed E-state index contributed by atoms with van der Waals surface area (Å²) in [5.41, 5.74) is 0. The van der Waals surface area contributed by atoms with E-state index in [0.29, 0.717) is 0 Å². The number of carbonyl (C=O) groups is 1. The molecule has 0 bridgehead atoms. The van der Waals surface area contributed by atoms with Crippen LogP contribution < -0.4 is 4.74 Å². The zero-order valence-electron chi connectivity index (χ0n) is 6.21. The van der Waals surface area contributed by atoms with E-state index in [1.165, 1.54) is 12.5 Å². The summed E-state index contributed by atoms with van der Waals surface area (Å²) in [6.07, 6.45) is 2.23. The Morgan fingerprint density at radius 1 is 1.62 bits per heavy atom. The van der Waals surface area contributed by atoms with Gasteiger partial charge in [-0.25, -0.2) is 13.2 Å². The summed E-state index contributed by atoms with van der Waals surface area (Å²) in [6.45, 7) is -0.693. The average molecular weight is 207 g/mol. The summed E-state index contributed by atoms with van der Waals surface area (Å²) >= 11 is 0. The maximum Gasteiger partial charge on any atom is 0.401 e. The van der Waals surface area contributed by atoms with Crippen LogP contribution in [0.3, 0.4) is 0 Å². The van der Waals surface area contributed by atoms with Crippen molar-refractivity contribution in [3.63, 3.8) is 0 Å². The van der Waals surface area contributed by atoms with Gasteiger partial charge in [0.2, 0.25) is 0 Å². The van der Waals surface area contributed by atoms with Crippen LogP contribution in [-0.4, -0.2) is 26.0 Å². The van der Waals surface area contributed by atoms with Crippen molar-refractivity contribution < 1.29 is 26.5 Å². The van der Waals surface area contributed by atoms with E-state index in [1.807, 2.05) is 0 Å². The molecule has 0 N–H and O–H groups in total. The fourth-order valence-electron chi connectivity index (χ4n) is 0.493. The molecule has 0 fully saturated rings. The molecular formula is C5H5NO6S. The van der Waals surface area contributed by atoms with Crippen LogP contribution in [0.5, 0.6) is 6.08 Å². The molecular weight excluding hydrogens is 202 g/mol. The van der Waals surface area contributed by atoms with Gasteiger partial charge < -0.3 is 9.15 Å². The molecule has 0 saturated heterocycles. The Morgan fingerprint density at radius 2 is 2.38 bits per heavy atom. The second kappa shape index (κ2) is 4.58. The number of ether oxygens (including phenoxy) is 1. The fourth-order valence-corrected chi connectivity index (χ4v) is 0.704. The Labute approximate surface area is 74.4 Å². The topological polar surface area (TPSA) is 95.7 Å². The molecule has 1 aromatic heterocycles. The zero-order chi connectivity index (χ0) is 9.68. The van der Waals surface area contributed by atoms with Gasteiger partial charge in [-0.05, 0) is 0 Å². The van der Waals surface area contributed by atoms with Crippen LogP contribution >= 0.6 is 0 Å². The Hall–Kier alpha value is -1.41. The lowest BCUT2D eigenvalue weighted by Crippen LogP contribution is -2.15. The van der Waals surface area contributed by atoms with E-state index in [0.717, 1.165) is 0 Å². The molecule has 1 heterocycles. The van der Waals surface area contributed by atoms with Gasteiger partial charge in [-0.2, -0.15) is 4.98 Å². The van der Waals surface area contributed by atoms with Gasteiger partial charge in [-0.15, -0.1) is 0 Å². The van der Waals surface area contributed by atoms with Crippen molar-refractivity contribution in [2.24, 2.45) is 0 Å². The zero-order valence-corrected chi connectivity index (χ0v) is 7.10. The second-order valence-corrected chi connectivity index (χ2v) is 2.47. The van der Waals surface area contributed by atoms with E-state index in [-0.39, 0.29) is 6.08 Å². The van der Waals surface area contributed by atoms with Gasteiger partial charge in [-0.1, -0.05) is 0 Å². The molecule has 0 aliphatic rings. The lowest BCUT2D eigenvalue weighted by atomic mass is 10.7. The largest absolute Gasteiger partial charge is 0.417 e. The molecule has 7 nitrogen and oxygen atoms in total. The van der Waals surface area contributed by atoms with Crippen LogP contribution in [0.15, 0.2) is 16.9 Å². The van der Waals surface area contributed by atoms with E-state index in [9.17, 15) is 13.2 Å². The smallest absolute Gasteiger partial charge is 0.401 e. The maximum absolute atomic E-state index is 10.7. The van der Waals surface area contributed by atoms with Crippen LogP contribution in [0.4, 0.5) is 0 Å². The van der Waals surface area contributed by atoms with Crippen molar-refractivity contribution in [3.8, 4) is 6.08 Å². The first-order valence-electron chi connectivity index (χ1n) is 3.06. The summed E-state index contributed by atoms with van der Waals surface area (Å²) in [5.74, 6) is -0.901. The van der Waals surface area contributed by atoms with E-state index in [4.69, 9.17) is 0 Å². The molecule has 13 heavy (non-hydrogen) atoms. The monoisotopic (exact) mass is 207 g/mol. The molecule has 0 radical (unpaired) electrons. The highest BCUT2D eigenvalue weighted by Crippen LogP contribution is 2.04. The summed E-state index contributed by atoms with van der Waals surface area (Å²) in [7, 11) is -3.05. The Kier molecular flexibility index (Phi) is 3.41. The number of hydrogen-bond donors (Lipinski definition) is 1. The van der Waals surface area contributed by atoms with Crippen molar-refractivity contribution in [2.75, 3.05) is 6.61 Å². The standard InChI is InChI=1S/C5H5NO6S/c7-4(3-11-13(8)9)12-5-6-1-2-10-5/h1-2,13H,3H2. The molecule has 0 atom stereocenters. The maximum atomic E-state index is 10.7. The number of hydrogen-bond acceptors (Lipinski definition) is 7. The summed E-state index contributed by atoms with van der Waals surface area (Å²) in [6, 6.07) is 0. The molecule has 0 saturated carbocycles.